The average molecular weight is 306 g/mol. The van der Waals surface area contributed by atoms with Crippen LogP contribution in [0.1, 0.15) is 5.56 Å². The summed E-state index contributed by atoms with van der Waals surface area (Å²) in [6.07, 6.45) is 2.83. The first-order valence-electron chi connectivity index (χ1n) is 7.85. The van der Waals surface area contributed by atoms with Crippen LogP contribution in [0, 0.1) is 0 Å². The summed E-state index contributed by atoms with van der Waals surface area (Å²) in [6, 6.07) is 18.1. The maximum absolute atomic E-state index is 12.2. The zero-order chi connectivity index (χ0) is 15.6. The molecular formula is C19H18N2O2. The van der Waals surface area contributed by atoms with E-state index in [-0.39, 0.29) is 12.0 Å². The molecule has 2 heterocycles. The monoisotopic (exact) mass is 306 g/mol. The third-order valence-electron chi connectivity index (χ3n) is 4.23. The number of hydrogen-bond acceptors (Lipinski definition) is 2. The Hall–Kier alpha value is -2.75. The number of para-hydroxylation sites is 2. The fraction of sp³-hybridized carbons (Fsp3) is 0.211. The van der Waals surface area contributed by atoms with Crippen molar-refractivity contribution in [1.82, 2.24) is 9.88 Å². The summed E-state index contributed by atoms with van der Waals surface area (Å²) in [5.41, 5.74) is 2.29. The minimum atomic E-state index is 0.00547. The van der Waals surface area contributed by atoms with Crippen molar-refractivity contribution in [1.29, 1.82) is 0 Å². The van der Waals surface area contributed by atoms with Crippen molar-refractivity contribution >= 4 is 16.8 Å². The van der Waals surface area contributed by atoms with Crippen LogP contribution in [0.3, 0.4) is 0 Å². The zero-order valence-corrected chi connectivity index (χ0v) is 12.7. The lowest BCUT2D eigenvalue weighted by atomic mass is 10.1. The standard InChI is InChI=1S/C19H18N2O2/c22-19(13-21-10-9-14-5-1-3-7-17(14)21)20-12-16-11-15-6-2-4-8-18(15)23-16/h1-10,16H,11-13H2,(H,20,22). The number of amides is 1. The average Bonchev–Trinajstić information content (AvgIpc) is 3.17. The van der Waals surface area contributed by atoms with Gasteiger partial charge in [-0.2, -0.15) is 0 Å². The normalized spacial score (nSPS) is 16.1. The van der Waals surface area contributed by atoms with Gasteiger partial charge in [0.1, 0.15) is 18.4 Å². The minimum absolute atomic E-state index is 0.00547. The lowest BCUT2D eigenvalue weighted by molar-refractivity contribution is -0.121. The van der Waals surface area contributed by atoms with Crippen LogP contribution in [0.25, 0.3) is 10.9 Å². The minimum Gasteiger partial charge on any atom is -0.488 e. The van der Waals surface area contributed by atoms with Gasteiger partial charge in [0.25, 0.3) is 0 Å². The Labute approximate surface area is 134 Å². The van der Waals surface area contributed by atoms with E-state index in [1.165, 1.54) is 5.56 Å². The van der Waals surface area contributed by atoms with Crippen LogP contribution in [-0.2, 0) is 17.8 Å². The molecule has 0 radical (unpaired) electrons. The summed E-state index contributed by atoms with van der Waals surface area (Å²) in [6.45, 7) is 0.861. The number of aromatic nitrogens is 1. The molecule has 0 spiro atoms. The van der Waals surface area contributed by atoms with Gasteiger partial charge in [-0.15, -0.1) is 0 Å². The molecule has 1 aliphatic rings. The van der Waals surface area contributed by atoms with Crippen LogP contribution in [0.4, 0.5) is 0 Å². The van der Waals surface area contributed by atoms with Crippen LogP contribution < -0.4 is 10.1 Å². The molecule has 1 unspecified atom stereocenters. The Kier molecular flexibility index (Phi) is 3.50. The van der Waals surface area contributed by atoms with Crippen molar-refractivity contribution in [2.24, 2.45) is 0 Å². The maximum Gasteiger partial charge on any atom is 0.240 e. The predicted molar refractivity (Wildman–Crippen MR) is 89.5 cm³/mol. The molecule has 4 nitrogen and oxygen atoms in total. The molecule has 0 fully saturated rings. The summed E-state index contributed by atoms with van der Waals surface area (Å²) in [5.74, 6) is 0.939. The summed E-state index contributed by atoms with van der Waals surface area (Å²) in [5, 5.41) is 4.13. The molecule has 2 aromatic carbocycles. The molecule has 23 heavy (non-hydrogen) atoms. The molecule has 1 aromatic heterocycles. The van der Waals surface area contributed by atoms with Gasteiger partial charge in [0.15, 0.2) is 0 Å². The van der Waals surface area contributed by atoms with Crippen LogP contribution >= 0.6 is 0 Å². The van der Waals surface area contributed by atoms with Crippen LogP contribution in [0.2, 0.25) is 0 Å². The first-order chi connectivity index (χ1) is 11.3. The summed E-state index contributed by atoms with van der Waals surface area (Å²) >= 11 is 0. The Morgan fingerprint density at radius 2 is 1.96 bits per heavy atom. The molecule has 0 aliphatic carbocycles. The number of hydrogen-bond donors (Lipinski definition) is 1. The van der Waals surface area contributed by atoms with E-state index in [4.69, 9.17) is 4.74 Å². The molecule has 1 amide bonds. The van der Waals surface area contributed by atoms with Gasteiger partial charge in [-0.1, -0.05) is 36.4 Å². The van der Waals surface area contributed by atoms with E-state index >= 15 is 0 Å². The van der Waals surface area contributed by atoms with Gasteiger partial charge in [-0.3, -0.25) is 4.79 Å². The summed E-state index contributed by atoms with van der Waals surface area (Å²) in [7, 11) is 0. The van der Waals surface area contributed by atoms with Crippen LogP contribution in [0.15, 0.2) is 60.8 Å². The number of nitrogens with zero attached hydrogens (tertiary/aromatic N) is 1. The lowest BCUT2D eigenvalue weighted by Gasteiger charge is -2.12. The molecular weight excluding hydrogens is 288 g/mol. The highest BCUT2D eigenvalue weighted by atomic mass is 16.5. The number of benzene rings is 2. The number of fused-ring (bicyclic) bond motifs is 2. The van der Waals surface area contributed by atoms with E-state index in [1.54, 1.807) is 0 Å². The van der Waals surface area contributed by atoms with Crippen molar-refractivity contribution in [3.8, 4) is 5.75 Å². The largest absolute Gasteiger partial charge is 0.488 e. The SMILES string of the molecule is O=C(Cn1ccc2ccccc21)NCC1Cc2ccccc2O1. The Morgan fingerprint density at radius 3 is 2.87 bits per heavy atom. The van der Waals surface area contributed by atoms with Crippen molar-refractivity contribution in [3.63, 3.8) is 0 Å². The molecule has 1 atom stereocenters. The molecule has 3 aromatic rings. The van der Waals surface area contributed by atoms with Crippen LogP contribution in [-0.4, -0.2) is 23.1 Å². The van der Waals surface area contributed by atoms with Gasteiger partial charge in [-0.25, -0.2) is 0 Å². The van der Waals surface area contributed by atoms with Gasteiger partial charge >= 0.3 is 0 Å². The van der Waals surface area contributed by atoms with E-state index in [9.17, 15) is 4.79 Å². The molecule has 0 bridgehead atoms. The third kappa shape index (κ3) is 2.80. The zero-order valence-electron chi connectivity index (χ0n) is 12.7. The van der Waals surface area contributed by atoms with Crippen LogP contribution in [0.5, 0.6) is 5.75 Å². The Balaban J connectivity index is 1.35. The van der Waals surface area contributed by atoms with Gasteiger partial charge in [-0.05, 0) is 29.1 Å². The highest BCUT2D eigenvalue weighted by Crippen LogP contribution is 2.27. The summed E-state index contributed by atoms with van der Waals surface area (Å²) < 4.78 is 7.81. The number of carbonyl (C=O) groups is 1. The van der Waals surface area contributed by atoms with E-state index < -0.39 is 0 Å². The topological polar surface area (TPSA) is 43.3 Å². The maximum atomic E-state index is 12.2. The fourth-order valence-electron chi connectivity index (χ4n) is 3.08. The molecule has 116 valence electrons. The highest BCUT2D eigenvalue weighted by Gasteiger charge is 2.22. The molecule has 0 saturated carbocycles. The molecule has 1 N–H and O–H groups in total. The van der Waals surface area contributed by atoms with E-state index in [1.807, 2.05) is 59.3 Å². The molecule has 4 heteroatoms. The fourth-order valence-corrected chi connectivity index (χ4v) is 3.08. The molecule has 4 rings (SSSR count). The first-order valence-corrected chi connectivity index (χ1v) is 7.85. The molecule has 0 saturated heterocycles. The van der Waals surface area contributed by atoms with Gasteiger partial charge in [0.2, 0.25) is 5.91 Å². The van der Waals surface area contributed by atoms with Crippen molar-refractivity contribution < 1.29 is 9.53 Å². The smallest absolute Gasteiger partial charge is 0.240 e. The second-order valence-corrected chi connectivity index (χ2v) is 5.86. The van der Waals surface area contributed by atoms with Gasteiger partial charge in [0.05, 0.1) is 6.54 Å². The molecule has 1 aliphatic heterocycles. The Morgan fingerprint density at radius 1 is 1.13 bits per heavy atom. The van der Waals surface area contributed by atoms with Crippen molar-refractivity contribution in [3.05, 3.63) is 66.4 Å². The third-order valence-corrected chi connectivity index (χ3v) is 4.23. The number of nitrogens with one attached hydrogen (secondary N) is 1. The highest BCUT2D eigenvalue weighted by molar-refractivity contribution is 5.83. The van der Waals surface area contributed by atoms with Gasteiger partial charge in [0, 0.05) is 18.1 Å². The second-order valence-electron chi connectivity index (χ2n) is 5.86. The number of ether oxygens (including phenoxy) is 1. The first kappa shape index (κ1) is 13.9. The van der Waals surface area contributed by atoms with E-state index in [2.05, 4.69) is 11.4 Å². The number of carbonyl (C=O) groups excluding carboxylic acids is 1. The van der Waals surface area contributed by atoms with Crippen molar-refractivity contribution in [2.45, 2.75) is 19.1 Å². The Bertz CT molecular complexity index is 828. The van der Waals surface area contributed by atoms with E-state index in [0.717, 1.165) is 23.1 Å². The number of rotatable bonds is 4. The quantitative estimate of drug-likeness (QED) is 0.805. The summed E-state index contributed by atoms with van der Waals surface area (Å²) in [4.78, 5) is 12.2. The predicted octanol–water partition coefficient (Wildman–Crippen LogP) is 2.76. The van der Waals surface area contributed by atoms with Crippen molar-refractivity contribution in [2.75, 3.05) is 6.54 Å². The second kappa shape index (κ2) is 5.80. The van der Waals surface area contributed by atoms with E-state index in [0.29, 0.717) is 13.1 Å². The van der Waals surface area contributed by atoms with Gasteiger partial charge < -0.3 is 14.6 Å². The lowest BCUT2D eigenvalue weighted by Crippen LogP contribution is -2.36.